The van der Waals surface area contributed by atoms with E-state index in [-0.39, 0.29) is 5.91 Å². The van der Waals surface area contributed by atoms with Gasteiger partial charge in [0, 0.05) is 35.7 Å². The lowest BCUT2D eigenvalue weighted by atomic mass is 10.1. The summed E-state index contributed by atoms with van der Waals surface area (Å²) in [6.45, 7) is 2.90. The molecule has 1 heterocycles. The molecule has 1 aromatic carbocycles. The lowest BCUT2D eigenvalue weighted by Gasteiger charge is -2.16. The number of fused-ring (bicyclic) bond motifs is 1. The van der Waals surface area contributed by atoms with Crippen LogP contribution in [-0.4, -0.2) is 29.4 Å². The summed E-state index contributed by atoms with van der Waals surface area (Å²) in [5.74, 6) is 0.0528. The van der Waals surface area contributed by atoms with Crippen molar-refractivity contribution in [2.75, 3.05) is 13.6 Å². The number of nitrogens with zero attached hydrogens (tertiary/aromatic N) is 1. The second kappa shape index (κ2) is 5.44. The molecule has 2 aromatic rings. The first-order valence-corrected chi connectivity index (χ1v) is 6.53. The molecule has 0 bridgehead atoms. The normalized spacial score (nSPS) is 10.8. The van der Waals surface area contributed by atoms with E-state index in [0.717, 1.165) is 30.3 Å². The van der Waals surface area contributed by atoms with Crippen molar-refractivity contribution in [3.05, 3.63) is 35.0 Å². The van der Waals surface area contributed by atoms with Crippen LogP contribution in [0.4, 0.5) is 0 Å². The van der Waals surface area contributed by atoms with Gasteiger partial charge in [-0.05, 0) is 18.6 Å². The van der Waals surface area contributed by atoms with Gasteiger partial charge in [0.15, 0.2) is 0 Å². The molecule has 0 saturated carbocycles. The van der Waals surface area contributed by atoms with Gasteiger partial charge in [-0.25, -0.2) is 0 Å². The fourth-order valence-corrected chi connectivity index (χ4v) is 2.15. The molecule has 96 valence electrons. The van der Waals surface area contributed by atoms with Crippen molar-refractivity contribution < 1.29 is 4.79 Å². The highest BCUT2D eigenvalue weighted by atomic mass is 35.5. The molecule has 1 N–H and O–H groups in total. The Morgan fingerprint density at radius 3 is 2.94 bits per heavy atom. The number of benzene rings is 1. The molecule has 0 unspecified atom stereocenters. The van der Waals surface area contributed by atoms with E-state index < -0.39 is 0 Å². The maximum absolute atomic E-state index is 12.3. The van der Waals surface area contributed by atoms with Crippen LogP contribution in [0, 0.1) is 0 Å². The standard InChI is InChI=1S/C14H17ClN2O/c1-3-4-7-17(2)14(18)12-9-16-13-8-10(15)5-6-11(12)13/h5-6,8-9,16H,3-4,7H2,1-2H3. The van der Waals surface area contributed by atoms with Crippen LogP contribution in [0.15, 0.2) is 24.4 Å². The number of halogens is 1. The Labute approximate surface area is 112 Å². The smallest absolute Gasteiger partial charge is 0.255 e. The van der Waals surface area contributed by atoms with Crippen molar-refractivity contribution in [1.29, 1.82) is 0 Å². The second-order valence-corrected chi connectivity index (χ2v) is 4.91. The first-order chi connectivity index (χ1) is 8.63. The number of aromatic amines is 1. The number of rotatable bonds is 4. The SMILES string of the molecule is CCCCN(C)C(=O)c1c[nH]c2cc(Cl)ccc12. The molecule has 1 aromatic heterocycles. The number of carbonyl (C=O) groups is 1. The van der Waals surface area contributed by atoms with E-state index in [4.69, 9.17) is 11.6 Å². The summed E-state index contributed by atoms with van der Waals surface area (Å²) in [6, 6.07) is 5.52. The quantitative estimate of drug-likeness (QED) is 0.898. The van der Waals surface area contributed by atoms with Gasteiger partial charge in [0.2, 0.25) is 0 Å². The summed E-state index contributed by atoms with van der Waals surface area (Å²) in [7, 11) is 1.84. The van der Waals surface area contributed by atoms with Crippen LogP contribution in [0.2, 0.25) is 5.02 Å². The Kier molecular flexibility index (Phi) is 3.92. The predicted octanol–water partition coefficient (Wildman–Crippen LogP) is 3.69. The maximum atomic E-state index is 12.3. The fraction of sp³-hybridized carbons (Fsp3) is 0.357. The third-order valence-corrected chi connectivity index (χ3v) is 3.30. The Morgan fingerprint density at radius 2 is 2.22 bits per heavy atom. The molecule has 0 aliphatic heterocycles. The van der Waals surface area contributed by atoms with E-state index in [1.165, 1.54) is 0 Å². The van der Waals surface area contributed by atoms with E-state index in [1.807, 2.05) is 19.2 Å². The minimum atomic E-state index is 0.0528. The van der Waals surface area contributed by atoms with Gasteiger partial charge in [0.05, 0.1) is 5.56 Å². The number of nitrogens with one attached hydrogen (secondary N) is 1. The van der Waals surface area contributed by atoms with Gasteiger partial charge in [0.25, 0.3) is 5.91 Å². The number of hydrogen-bond donors (Lipinski definition) is 1. The highest BCUT2D eigenvalue weighted by Crippen LogP contribution is 2.22. The molecular formula is C14H17ClN2O. The van der Waals surface area contributed by atoms with E-state index in [2.05, 4.69) is 11.9 Å². The van der Waals surface area contributed by atoms with Crippen molar-refractivity contribution in [3.8, 4) is 0 Å². The van der Waals surface area contributed by atoms with Gasteiger partial charge in [0.1, 0.15) is 0 Å². The molecule has 0 radical (unpaired) electrons. The summed E-state index contributed by atoms with van der Waals surface area (Å²) >= 11 is 5.92. The van der Waals surface area contributed by atoms with Crippen LogP contribution in [-0.2, 0) is 0 Å². The van der Waals surface area contributed by atoms with Crippen molar-refractivity contribution in [1.82, 2.24) is 9.88 Å². The summed E-state index contributed by atoms with van der Waals surface area (Å²) in [5.41, 5.74) is 1.61. The minimum Gasteiger partial charge on any atom is -0.360 e. The summed E-state index contributed by atoms with van der Waals surface area (Å²) in [4.78, 5) is 17.1. The van der Waals surface area contributed by atoms with Crippen molar-refractivity contribution in [3.63, 3.8) is 0 Å². The van der Waals surface area contributed by atoms with Crippen LogP contribution in [0.5, 0.6) is 0 Å². The van der Waals surface area contributed by atoms with Crippen LogP contribution < -0.4 is 0 Å². The molecule has 0 spiro atoms. The number of amides is 1. The largest absolute Gasteiger partial charge is 0.360 e. The van der Waals surface area contributed by atoms with E-state index >= 15 is 0 Å². The fourth-order valence-electron chi connectivity index (χ4n) is 1.98. The van der Waals surface area contributed by atoms with Gasteiger partial charge in [-0.15, -0.1) is 0 Å². The summed E-state index contributed by atoms with van der Waals surface area (Å²) in [6.07, 6.45) is 3.86. The Hall–Kier alpha value is -1.48. The monoisotopic (exact) mass is 264 g/mol. The van der Waals surface area contributed by atoms with Gasteiger partial charge in [-0.1, -0.05) is 31.0 Å². The molecule has 4 heteroatoms. The Bertz CT molecular complexity index is 562. The number of aromatic nitrogens is 1. The van der Waals surface area contributed by atoms with Gasteiger partial charge in [-0.2, -0.15) is 0 Å². The molecular weight excluding hydrogens is 248 g/mol. The zero-order chi connectivity index (χ0) is 13.1. The lowest BCUT2D eigenvalue weighted by molar-refractivity contribution is 0.0795. The zero-order valence-corrected chi connectivity index (χ0v) is 11.4. The predicted molar refractivity (Wildman–Crippen MR) is 75.2 cm³/mol. The van der Waals surface area contributed by atoms with E-state index in [1.54, 1.807) is 17.2 Å². The average molecular weight is 265 g/mol. The minimum absolute atomic E-state index is 0.0528. The summed E-state index contributed by atoms with van der Waals surface area (Å²) < 4.78 is 0. The molecule has 0 fully saturated rings. The highest BCUT2D eigenvalue weighted by Gasteiger charge is 2.15. The molecule has 0 atom stereocenters. The zero-order valence-electron chi connectivity index (χ0n) is 10.7. The highest BCUT2D eigenvalue weighted by molar-refractivity contribution is 6.31. The molecule has 0 aliphatic rings. The van der Waals surface area contributed by atoms with Crippen molar-refractivity contribution >= 4 is 28.4 Å². The Morgan fingerprint density at radius 1 is 1.44 bits per heavy atom. The van der Waals surface area contributed by atoms with E-state index in [0.29, 0.717) is 10.6 Å². The molecule has 0 saturated heterocycles. The maximum Gasteiger partial charge on any atom is 0.255 e. The number of hydrogen-bond acceptors (Lipinski definition) is 1. The van der Waals surface area contributed by atoms with Crippen molar-refractivity contribution in [2.45, 2.75) is 19.8 Å². The van der Waals surface area contributed by atoms with Crippen LogP contribution >= 0.6 is 11.6 Å². The molecule has 0 aliphatic carbocycles. The van der Waals surface area contributed by atoms with Crippen LogP contribution in [0.1, 0.15) is 30.1 Å². The average Bonchev–Trinajstić information content (AvgIpc) is 2.77. The van der Waals surface area contributed by atoms with Gasteiger partial charge in [-0.3, -0.25) is 4.79 Å². The number of carbonyl (C=O) groups excluding carboxylic acids is 1. The third-order valence-electron chi connectivity index (χ3n) is 3.07. The van der Waals surface area contributed by atoms with E-state index in [9.17, 15) is 4.79 Å². The van der Waals surface area contributed by atoms with Gasteiger partial charge >= 0.3 is 0 Å². The summed E-state index contributed by atoms with van der Waals surface area (Å²) in [5, 5.41) is 1.59. The lowest BCUT2D eigenvalue weighted by Crippen LogP contribution is -2.27. The third kappa shape index (κ3) is 2.51. The Balaban J connectivity index is 2.28. The number of unbranched alkanes of at least 4 members (excludes halogenated alkanes) is 1. The first kappa shape index (κ1) is 13.0. The van der Waals surface area contributed by atoms with Crippen LogP contribution in [0.25, 0.3) is 10.9 Å². The number of H-pyrrole nitrogens is 1. The van der Waals surface area contributed by atoms with Crippen molar-refractivity contribution in [2.24, 2.45) is 0 Å². The molecule has 18 heavy (non-hydrogen) atoms. The molecule has 2 rings (SSSR count). The topological polar surface area (TPSA) is 36.1 Å². The van der Waals surface area contributed by atoms with Crippen LogP contribution in [0.3, 0.4) is 0 Å². The van der Waals surface area contributed by atoms with Gasteiger partial charge < -0.3 is 9.88 Å². The molecule has 1 amide bonds. The second-order valence-electron chi connectivity index (χ2n) is 4.47. The molecule has 3 nitrogen and oxygen atoms in total. The first-order valence-electron chi connectivity index (χ1n) is 6.15.